The molecule has 0 saturated carbocycles. The lowest BCUT2D eigenvalue weighted by molar-refractivity contribution is -0.140. The first-order chi connectivity index (χ1) is 9.49. The first-order valence-corrected chi connectivity index (χ1v) is 8.20. The van der Waals surface area contributed by atoms with Gasteiger partial charge in [0, 0.05) is 18.4 Å². The van der Waals surface area contributed by atoms with E-state index in [-0.39, 0.29) is 11.7 Å². The molecule has 0 fully saturated rings. The summed E-state index contributed by atoms with van der Waals surface area (Å²) < 4.78 is 0.672. The van der Waals surface area contributed by atoms with Crippen LogP contribution in [0.3, 0.4) is 0 Å². The van der Waals surface area contributed by atoms with Gasteiger partial charge in [0.2, 0.25) is 5.91 Å². The average Bonchev–Trinajstić information content (AvgIpc) is 2.41. The van der Waals surface area contributed by atoms with E-state index in [9.17, 15) is 9.59 Å². The van der Waals surface area contributed by atoms with E-state index in [4.69, 9.17) is 17.3 Å². The van der Waals surface area contributed by atoms with Crippen molar-refractivity contribution >= 4 is 51.1 Å². The summed E-state index contributed by atoms with van der Waals surface area (Å²) in [6.45, 7) is 1.29. The number of benzene rings is 1. The number of carbonyl (C=O) groups excluding carboxylic acids is 1. The topological polar surface area (TPSA) is 66.4 Å². The van der Waals surface area contributed by atoms with Gasteiger partial charge in [0.15, 0.2) is 0 Å². The molecule has 0 spiro atoms. The number of carbonyl (C=O) groups is 2. The Morgan fingerprint density at radius 2 is 1.95 bits per heavy atom. The van der Waals surface area contributed by atoms with Gasteiger partial charge in [-0.1, -0.05) is 42.5 Å². The maximum absolute atomic E-state index is 10.9. The van der Waals surface area contributed by atoms with Gasteiger partial charge in [-0.15, -0.1) is 23.5 Å². The van der Waals surface area contributed by atoms with Crippen LogP contribution in [0, 0.1) is 0 Å². The van der Waals surface area contributed by atoms with Gasteiger partial charge in [-0.05, 0) is 5.56 Å². The van der Waals surface area contributed by atoms with E-state index in [1.807, 2.05) is 30.3 Å². The van der Waals surface area contributed by atoms with Gasteiger partial charge in [-0.25, -0.2) is 4.79 Å². The summed E-state index contributed by atoms with van der Waals surface area (Å²) in [5, 5.41) is 11.3. The van der Waals surface area contributed by atoms with Gasteiger partial charge in [0.25, 0.3) is 0 Å². The van der Waals surface area contributed by atoms with E-state index in [1.165, 1.54) is 30.4 Å². The molecule has 0 bridgehead atoms. The van der Waals surface area contributed by atoms with Crippen LogP contribution in [0.2, 0.25) is 0 Å². The van der Waals surface area contributed by atoms with Gasteiger partial charge in [0.05, 0.1) is 0 Å². The number of hydrogen-bond donors (Lipinski definition) is 2. The minimum Gasteiger partial charge on any atom is -0.480 e. The molecule has 0 aromatic heterocycles. The molecule has 1 aromatic carbocycles. The zero-order chi connectivity index (χ0) is 15.0. The number of rotatable bonds is 6. The summed E-state index contributed by atoms with van der Waals surface area (Å²) in [6.07, 6.45) is 0. The number of aliphatic carboxylic acids is 1. The molecule has 7 heteroatoms. The van der Waals surface area contributed by atoms with Crippen molar-refractivity contribution in [3.63, 3.8) is 0 Å². The Balaban J connectivity index is 2.34. The van der Waals surface area contributed by atoms with Crippen LogP contribution in [0.5, 0.6) is 0 Å². The highest BCUT2D eigenvalue weighted by Crippen LogP contribution is 2.22. The lowest BCUT2D eigenvalue weighted by Crippen LogP contribution is -2.41. The smallest absolute Gasteiger partial charge is 0.327 e. The number of carboxylic acids is 1. The minimum atomic E-state index is -1.05. The molecule has 1 rings (SSSR count). The van der Waals surface area contributed by atoms with Crippen molar-refractivity contribution in [2.45, 2.75) is 18.7 Å². The predicted octanol–water partition coefficient (Wildman–Crippen LogP) is 2.53. The van der Waals surface area contributed by atoms with Crippen LogP contribution in [-0.4, -0.2) is 32.3 Å². The third-order valence-electron chi connectivity index (χ3n) is 2.24. The Kier molecular flexibility index (Phi) is 7.64. The zero-order valence-corrected chi connectivity index (χ0v) is 13.3. The molecule has 0 aliphatic rings. The minimum absolute atomic E-state index is 0.232. The van der Waals surface area contributed by atoms with E-state index in [2.05, 4.69) is 5.32 Å². The molecule has 0 heterocycles. The Hall–Kier alpha value is -1.05. The largest absolute Gasteiger partial charge is 0.480 e. The lowest BCUT2D eigenvalue weighted by Gasteiger charge is -2.12. The van der Waals surface area contributed by atoms with Gasteiger partial charge in [-0.2, -0.15) is 0 Å². The van der Waals surface area contributed by atoms with Crippen LogP contribution in [0.25, 0.3) is 0 Å². The molecule has 1 atom stereocenters. The van der Waals surface area contributed by atoms with Gasteiger partial charge in [-0.3, -0.25) is 4.79 Å². The lowest BCUT2D eigenvalue weighted by atomic mass is 10.2. The molecule has 0 radical (unpaired) electrons. The quantitative estimate of drug-likeness (QED) is 0.782. The predicted molar refractivity (Wildman–Crippen MR) is 88.0 cm³/mol. The van der Waals surface area contributed by atoms with Crippen molar-refractivity contribution < 1.29 is 14.7 Å². The van der Waals surface area contributed by atoms with E-state index in [1.54, 1.807) is 0 Å². The molecule has 20 heavy (non-hydrogen) atoms. The number of hydrogen-bond acceptors (Lipinski definition) is 5. The maximum atomic E-state index is 10.9. The summed E-state index contributed by atoms with van der Waals surface area (Å²) in [5.41, 5.74) is 1.16. The number of thioether (sulfide) groups is 2. The highest BCUT2D eigenvalue weighted by Gasteiger charge is 2.19. The molecule has 0 aliphatic heterocycles. The van der Waals surface area contributed by atoms with Crippen molar-refractivity contribution in [2.75, 3.05) is 5.75 Å². The molecular weight excluding hydrogens is 314 g/mol. The zero-order valence-electron chi connectivity index (χ0n) is 10.9. The molecule has 1 unspecified atom stereocenters. The second-order valence-electron chi connectivity index (χ2n) is 3.93. The van der Waals surface area contributed by atoms with Crippen molar-refractivity contribution in [1.82, 2.24) is 5.32 Å². The summed E-state index contributed by atoms with van der Waals surface area (Å²) in [4.78, 5) is 21.8. The molecule has 0 aliphatic carbocycles. The number of carboxylic acid groups (broad SMARTS) is 1. The van der Waals surface area contributed by atoms with E-state index < -0.39 is 12.0 Å². The highest BCUT2D eigenvalue weighted by molar-refractivity contribution is 8.46. The van der Waals surface area contributed by atoms with E-state index in [0.29, 0.717) is 3.53 Å². The summed E-state index contributed by atoms with van der Waals surface area (Å²) in [6, 6.07) is 8.99. The summed E-state index contributed by atoms with van der Waals surface area (Å²) in [7, 11) is 0. The number of nitrogens with one attached hydrogen (secondary N) is 1. The van der Waals surface area contributed by atoms with Crippen LogP contribution in [0.4, 0.5) is 0 Å². The molecular formula is C13H15NO3S3. The molecule has 0 saturated heterocycles. The third-order valence-corrected chi connectivity index (χ3v) is 5.11. The third kappa shape index (κ3) is 6.93. The first-order valence-electron chi connectivity index (χ1n) is 5.82. The number of thiocarbonyl (C=S) groups is 1. The Morgan fingerprint density at radius 3 is 2.50 bits per heavy atom. The van der Waals surface area contributed by atoms with Crippen molar-refractivity contribution in [1.29, 1.82) is 0 Å². The SMILES string of the molecule is CC(=O)NC(CSC(=S)SCc1ccccc1)C(=O)O. The van der Waals surface area contributed by atoms with E-state index in [0.717, 1.165) is 11.3 Å². The van der Waals surface area contributed by atoms with Crippen molar-refractivity contribution in [2.24, 2.45) is 0 Å². The standard InChI is InChI=1S/C13H15NO3S3/c1-9(15)14-11(12(16)17)8-20-13(18)19-7-10-5-3-2-4-6-10/h2-6,11H,7-8H2,1H3,(H,14,15)(H,16,17). The molecule has 1 aromatic rings. The van der Waals surface area contributed by atoms with Crippen molar-refractivity contribution in [3.05, 3.63) is 35.9 Å². The van der Waals surface area contributed by atoms with Gasteiger partial charge >= 0.3 is 5.97 Å². The van der Waals surface area contributed by atoms with Gasteiger partial charge < -0.3 is 10.4 Å². The fourth-order valence-corrected chi connectivity index (χ4v) is 3.43. The maximum Gasteiger partial charge on any atom is 0.327 e. The number of amides is 1. The Labute approximate surface area is 131 Å². The normalized spacial score (nSPS) is 11.7. The Bertz CT molecular complexity index is 479. The van der Waals surface area contributed by atoms with E-state index >= 15 is 0 Å². The average molecular weight is 329 g/mol. The van der Waals surface area contributed by atoms with Crippen LogP contribution in [0.15, 0.2) is 30.3 Å². The molecule has 4 nitrogen and oxygen atoms in total. The fourth-order valence-electron chi connectivity index (χ4n) is 1.33. The first kappa shape index (κ1) is 17.0. The van der Waals surface area contributed by atoms with Crippen molar-refractivity contribution in [3.8, 4) is 0 Å². The van der Waals surface area contributed by atoms with Gasteiger partial charge in [0.1, 0.15) is 9.57 Å². The highest BCUT2D eigenvalue weighted by atomic mass is 32.2. The second-order valence-corrected chi connectivity index (χ2v) is 7.13. The van der Waals surface area contributed by atoms with Crippen LogP contribution in [-0.2, 0) is 15.3 Å². The van der Waals surface area contributed by atoms with Crippen LogP contribution >= 0.6 is 35.7 Å². The summed E-state index contributed by atoms with van der Waals surface area (Å²) >= 11 is 7.96. The van der Waals surface area contributed by atoms with Crippen LogP contribution in [0.1, 0.15) is 12.5 Å². The molecule has 1 amide bonds. The molecule has 108 valence electrons. The van der Waals surface area contributed by atoms with Crippen LogP contribution < -0.4 is 5.32 Å². The summed E-state index contributed by atoms with van der Waals surface area (Å²) in [5.74, 6) is -0.426. The Morgan fingerprint density at radius 1 is 1.30 bits per heavy atom. The monoisotopic (exact) mass is 329 g/mol. The second kappa shape index (κ2) is 8.99. The molecule has 2 N–H and O–H groups in total. The fraction of sp³-hybridized carbons (Fsp3) is 0.308.